The number of rotatable bonds is 8. The Kier molecular flexibility index (Phi) is 6.97. The zero-order valence-corrected chi connectivity index (χ0v) is 15.1. The molecule has 0 unspecified atom stereocenters. The average Bonchev–Trinajstić information content (AvgIpc) is 2.50. The van der Waals surface area contributed by atoms with E-state index >= 15 is 0 Å². The molecule has 1 amide bonds. The van der Waals surface area contributed by atoms with Gasteiger partial charge in [0.25, 0.3) is 5.91 Å². The largest absolute Gasteiger partial charge is 0.335 e. The number of carbonyl (C=O) groups excluding carboxylic acids is 1. The molecule has 0 fully saturated rings. The Labute approximate surface area is 139 Å². The summed E-state index contributed by atoms with van der Waals surface area (Å²) in [4.78, 5) is 14.2. The maximum absolute atomic E-state index is 12.4. The summed E-state index contributed by atoms with van der Waals surface area (Å²) in [6.07, 6.45) is 0. The van der Waals surface area contributed by atoms with Crippen molar-refractivity contribution in [2.24, 2.45) is 5.92 Å². The van der Waals surface area contributed by atoms with Gasteiger partial charge >= 0.3 is 0 Å². The van der Waals surface area contributed by atoms with Crippen LogP contribution < -0.4 is 4.72 Å². The van der Waals surface area contributed by atoms with Crippen molar-refractivity contribution in [1.82, 2.24) is 9.62 Å². The highest BCUT2D eigenvalue weighted by atomic mass is 32.2. The number of carbonyl (C=O) groups is 1. The van der Waals surface area contributed by atoms with Gasteiger partial charge in [-0.3, -0.25) is 4.79 Å². The van der Waals surface area contributed by atoms with Crippen molar-refractivity contribution in [3.63, 3.8) is 0 Å². The Balaban J connectivity index is 2.91. The molecule has 0 aliphatic heterocycles. The first-order chi connectivity index (χ1) is 10.7. The first-order valence-electron chi connectivity index (χ1n) is 7.70. The molecule has 6 heteroatoms. The maximum atomic E-state index is 12.4. The van der Waals surface area contributed by atoms with Crippen LogP contribution in [0.25, 0.3) is 0 Å². The predicted molar refractivity (Wildman–Crippen MR) is 92.9 cm³/mol. The molecule has 0 spiro atoms. The zero-order valence-electron chi connectivity index (χ0n) is 14.3. The van der Waals surface area contributed by atoms with Crippen LogP contribution in [-0.2, 0) is 10.0 Å². The summed E-state index contributed by atoms with van der Waals surface area (Å²) >= 11 is 0. The Morgan fingerprint density at radius 3 is 2.26 bits per heavy atom. The number of amides is 1. The van der Waals surface area contributed by atoms with Crippen LogP contribution in [0.3, 0.4) is 0 Å². The number of sulfonamides is 1. The highest BCUT2D eigenvalue weighted by Gasteiger charge is 2.17. The number of nitrogens with one attached hydrogen (secondary N) is 1. The predicted octanol–water partition coefficient (Wildman–Crippen LogP) is 2.66. The van der Waals surface area contributed by atoms with E-state index in [1.165, 1.54) is 12.1 Å². The number of hydrogen-bond donors (Lipinski definition) is 1. The third-order valence-electron chi connectivity index (χ3n) is 3.22. The second-order valence-corrected chi connectivity index (χ2v) is 7.81. The van der Waals surface area contributed by atoms with Gasteiger partial charge in [-0.05, 0) is 44.0 Å². The molecule has 0 aromatic heterocycles. The molecule has 1 rings (SSSR count). The molecular weight excluding hydrogens is 312 g/mol. The van der Waals surface area contributed by atoms with Crippen molar-refractivity contribution in [3.8, 4) is 0 Å². The van der Waals surface area contributed by atoms with Gasteiger partial charge in [0.1, 0.15) is 0 Å². The quantitative estimate of drug-likeness (QED) is 0.741. The molecule has 0 bridgehead atoms. The zero-order chi connectivity index (χ0) is 17.6. The SMILES string of the molecule is C=C(C)CN(CC)C(=O)c1ccc(S(=O)(=O)NCC(C)C)cc1. The van der Waals surface area contributed by atoms with Crippen molar-refractivity contribution in [2.45, 2.75) is 32.6 Å². The summed E-state index contributed by atoms with van der Waals surface area (Å²) < 4.78 is 26.8. The van der Waals surface area contributed by atoms with Crippen LogP contribution in [0, 0.1) is 5.92 Å². The third-order valence-corrected chi connectivity index (χ3v) is 4.66. The van der Waals surface area contributed by atoms with E-state index in [2.05, 4.69) is 11.3 Å². The van der Waals surface area contributed by atoms with E-state index in [1.54, 1.807) is 17.0 Å². The molecular formula is C17H26N2O3S. The molecule has 0 saturated carbocycles. The van der Waals surface area contributed by atoms with Crippen molar-refractivity contribution in [1.29, 1.82) is 0 Å². The lowest BCUT2D eigenvalue weighted by molar-refractivity contribution is 0.0778. The molecule has 0 aliphatic rings. The molecule has 0 atom stereocenters. The fourth-order valence-electron chi connectivity index (χ4n) is 1.97. The number of nitrogens with zero attached hydrogens (tertiary/aromatic N) is 1. The van der Waals surface area contributed by atoms with Crippen LogP contribution >= 0.6 is 0 Å². The summed E-state index contributed by atoms with van der Waals surface area (Å²) in [6.45, 7) is 12.9. The Morgan fingerprint density at radius 2 is 1.83 bits per heavy atom. The molecule has 1 aromatic carbocycles. The molecule has 0 aliphatic carbocycles. The molecule has 128 valence electrons. The van der Waals surface area contributed by atoms with E-state index in [4.69, 9.17) is 0 Å². The standard InChI is InChI=1S/C17H26N2O3S/c1-6-19(12-14(4)5)17(20)15-7-9-16(10-8-15)23(21,22)18-11-13(2)3/h7-10,13,18H,4,6,11-12H2,1-3,5H3. The number of hydrogen-bond acceptors (Lipinski definition) is 3. The van der Waals surface area contributed by atoms with Gasteiger partial charge in [0, 0.05) is 25.2 Å². The highest BCUT2D eigenvalue weighted by Crippen LogP contribution is 2.13. The van der Waals surface area contributed by atoms with Crippen LogP contribution in [0.4, 0.5) is 0 Å². The van der Waals surface area contributed by atoms with Gasteiger partial charge in [-0.2, -0.15) is 0 Å². The Morgan fingerprint density at radius 1 is 1.26 bits per heavy atom. The monoisotopic (exact) mass is 338 g/mol. The van der Waals surface area contributed by atoms with E-state index < -0.39 is 10.0 Å². The normalized spacial score (nSPS) is 11.5. The van der Waals surface area contributed by atoms with Gasteiger partial charge in [0.15, 0.2) is 0 Å². The van der Waals surface area contributed by atoms with Gasteiger partial charge in [0.2, 0.25) is 10.0 Å². The third kappa shape index (κ3) is 5.80. The molecule has 1 aromatic rings. The van der Waals surface area contributed by atoms with Crippen LogP contribution in [0.5, 0.6) is 0 Å². The lowest BCUT2D eigenvalue weighted by Gasteiger charge is -2.21. The minimum absolute atomic E-state index is 0.130. The fraction of sp³-hybridized carbons (Fsp3) is 0.471. The molecule has 5 nitrogen and oxygen atoms in total. The topological polar surface area (TPSA) is 66.5 Å². The molecule has 1 N–H and O–H groups in total. The van der Waals surface area contributed by atoms with Gasteiger partial charge in [-0.1, -0.05) is 26.0 Å². The minimum Gasteiger partial charge on any atom is -0.335 e. The van der Waals surface area contributed by atoms with Crippen molar-refractivity contribution < 1.29 is 13.2 Å². The number of likely N-dealkylation sites (N-methyl/N-ethyl adjacent to an activating group) is 1. The van der Waals surface area contributed by atoms with Crippen LogP contribution in [0.15, 0.2) is 41.3 Å². The van der Waals surface area contributed by atoms with E-state index in [0.29, 0.717) is 25.2 Å². The number of benzene rings is 1. The lowest BCUT2D eigenvalue weighted by Crippen LogP contribution is -2.32. The summed E-state index contributed by atoms with van der Waals surface area (Å²) in [5, 5.41) is 0. The van der Waals surface area contributed by atoms with Crippen LogP contribution in [-0.4, -0.2) is 38.9 Å². The summed E-state index contributed by atoms with van der Waals surface area (Å²) in [6, 6.07) is 6.02. The summed E-state index contributed by atoms with van der Waals surface area (Å²) in [5.74, 6) is 0.0977. The average molecular weight is 338 g/mol. The van der Waals surface area contributed by atoms with E-state index in [-0.39, 0.29) is 16.7 Å². The van der Waals surface area contributed by atoms with Gasteiger partial charge < -0.3 is 4.90 Å². The smallest absolute Gasteiger partial charge is 0.254 e. The Bertz CT molecular complexity index is 649. The first-order valence-corrected chi connectivity index (χ1v) is 9.19. The molecule has 0 radical (unpaired) electrons. The lowest BCUT2D eigenvalue weighted by atomic mass is 10.2. The van der Waals surface area contributed by atoms with Crippen molar-refractivity contribution in [3.05, 3.63) is 42.0 Å². The van der Waals surface area contributed by atoms with Crippen LogP contribution in [0.1, 0.15) is 38.1 Å². The van der Waals surface area contributed by atoms with Crippen molar-refractivity contribution in [2.75, 3.05) is 19.6 Å². The second-order valence-electron chi connectivity index (χ2n) is 6.05. The van der Waals surface area contributed by atoms with E-state index in [9.17, 15) is 13.2 Å². The Hall–Kier alpha value is -1.66. The summed E-state index contributed by atoms with van der Waals surface area (Å²) in [5.41, 5.74) is 1.37. The maximum Gasteiger partial charge on any atom is 0.254 e. The van der Waals surface area contributed by atoms with E-state index in [0.717, 1.165) is 5.57 Å². The second kappa shape index (κ2) is 8.26. The first kappa shape index (κ1) is 19.4. The molecule has 0 saturated heterocycles. The van der Waals surface area contributed by atoms with Crippen LogP contribution in [0.2, 0.25) is 0 Å². The van der Waals surface area contributed by atoms with Gasteiger partial charge in [-0.15, -0.1) is 0 Å². The van der Waals surface area contributed by atoms with Gasteiger partial charge in [-0.25, -0.2) is 13.1 Å². The van der Waals surface area contributed by atoms with E-state index in [1.807, 2.05) is 27.7 Å². The van der Waals surface area contributed by atoms with Gasteiger partial charge in [0.05, 0.1) is 4.90 Å². The summed E-state index contributed by atoms with van der Waals surface area (Å²) in [7, 11) is -3.53. The minimum atomic E-state index is -3.53. The van der Waals surface area contributed by atoms with Crippen molar-refractivity contribution >= 4 is 15.9 Å². The fourth-order valence-corrected chi connectivity index (χ4v) is 3.19. The molecule has 23 heavy (non-hydrogen) atoms. The highest BCUT2D eigenvalue weighted by molar-refractivity contribution is 7.89. The molecule has 0 heterocycles.